The van der Waals surface area contributed by atoms with E-state index in [2.05, 4.69) is 26.3 Å². The number of carbonyl (C=O) groups excluding carboxylic acids is 1. The molecule has 1 atom stereocenters. The summed E-state index contributed by atoms with van der Waals surface area (Å²) in [5.41, 5.74) is 2.51. The highest BCUT2D eigenvalue weighted by molar-refractivity contribution is 7.99. The molecule has 0 aliphatic heterocycles. The summed E-state index contributed by atoms with van der Waals surface area (Å²) in [5.74, 6) is -0.293. The van der Waals surface area contributed by atoms with E-state index in [1.807, 2.05) is 66.9 Å². The Morgan fingerprint density at radius 1 is 1.13 bits per heavy atom. The van der Waals surface area contributed by atoms with Crippen molar-refractivity contribution < 1.29 is 4.79 Å². The number of ketones is 1. The van der Waals surface area contributed by atoms with Crippen LogP contribution < -0.4 is 5.32 Å². The van der Waals surface area contributed by atoms with Crippen molar-refractivity contribution in [3.63, 3.8) is 0 Å². The number of thioether (sulfide) groups is 1. The fourth-order valence-corrected chi connectivity index (χ4v) is 4.48. The molecule has 8 heteroatoms. The molecule has 0 aliphatic rings. The molecular formula is C22H17N5OS2. The first-order chi connectivity index (χ1) is 14.6. The Hall–Kier alpha value is -3.28. The second-order valence-corrected chi connectivity index (χ2v) is 8.34. The number of hydrogen-bond donors (Lipinski definition) is 1. The molecule has 0 unspecified atom stereocenters. The number of nitrogens with zero attached hydrogens (tertiary/aromatic N) is 4. The molecule has 4 aromatic rings. The lowest BCUT2D eigenvalue weighted by Crippen LogP contribution is -2.13. The summed E-state index contributed by atoms with van der Waals surface area (Å²) in [6.07, 6.45) is 0. The fourth-order valence-electron chi connectivity index (χ4n) is 2.86. The first-order valence-corrected chi connectivity index (χ1v) is 11.1. The van der Waals surface area contributed by atoms with E-state index in [-0.39, 0.29) is 11.5 Å². The maximum Gasteiger partial charge on any atom is 0.190 e. The zero-order valence-electron chi connectivity index (χ0n) is 16.1. The molecule has 2 aromatic carbocycles. The Kier molecular flexibility index (Phi) is 6.02. The molecule has 0 bridgehead atoms. The van der Waals surface area contributed by atoms with Gasteiger partial charge >= 0.3 is 0 Å². The summed E-state index contributed by atoms with van der Waals surface area (Å²) in [6, 6.07) is 19.6. The van der Waals surface area contributed by atoms with Crippen LogP contribution in [-0.4, -0.2) is 26.5 Å². The molecule has 0 fully saturated rings. The molecule has 0 spiro atoms. The number of para-hydroxylation sites is 2. The van der Waals surface area contributed by atoms with E-state index in [0.717, 1.165) is 22.3 Å². The minimum Gasteiger partial charge on any atom is -0.340 e. The van der Waals surface area contributed by atoms with Crippen molar-refractivity contribution in [3.05, 3.63) is 70.7 Å². The zero-order chi connectivity index (χ0) is 20.9. The van der Waals surface area contributed by atoms with Crippen LogP contribution >= 0.6 is 23.1 Å². The van der Waals surface area contributed by atoms with Gasteiger partial charge in [-0.3, -0.25) is 4.79 Å². The van der Waals surface area contributed by atoms with E-state index >= 15 is 0 Å². The van der Waals surface area contributed by atoms with E-state index in [1.165, 1.54) is 23.1 Å². The number of benzene rings is 2. The van der Waals surface area contributed by atoms with Crippen LogP contribution in [0.1, 0.15) is 16.6 Å². The first-order valence-electron chi connectivity index (χ1n) is 9.20. The van der Waals surface area contributed by atoms with E-state index < -0.39 is 5.92 Å². The van der Waals surface area contributed by atoms with Crippen LogP contribution in [0.25, 0.3) is 10.9 Å². The van der Waals surface area contributed by atoms with Crippen molar-refractivity contribution in [2.75, 3.05) is 11.1 Å². The van der Waals surface area contributed by atoms with Gasteiger partial charge < -0.3 is 5.32 Å². The normalized spacial score (nSPS) is 11.7. The minimum absolute atomic E-state index is 0.0972. The second kappa shape index (κ2) is 9.03. The molecule has 0 aliphatic carbocycles. The quantitative estimate of drug-likeness (QED) is 0.321. The highest BCUT2D eigenvalue weighted by atomic mass is 32.2. The lowest BCUT2D eigenvalue weighted by atomic mass is 10.1. The Morgan fingerprint density at radius 3 is 2.63 bits per heavy atom. The van der Waals surface area contributed by atoms with Gasteiger partial charge in [0.05, 0.1) is 17.3 Å². The SMILES string of the molecule is Cc1csc([C@@H](C#N)C(=O)CSc2nc(Nc3ccccc3)c3ccccc3n2)n1. The van der Waals surface area contributed by atoms with Gasteiger partial charge in [0.15, 0.2) is 16.9 Å². The number of hydrogen-bond acceptors (Lipinski definition) is 8. The summed E-state index contributed by atoms with van der Waals surface area (Å²) in [6.45, 7) is 1.85. The molecule has 4 rings (SSSR count). The molecular weight excluding hydrogens is 414 g/mol. The lowest BCUT2D eigenvalue weighted by Gasteiger charge is -2.11. The topological polar surface area (TPSA) is 91.6 Å². The van der Waals surface area contributed by atoms with Crippen LogP contribution in [0.5, 0.6) is 0 Å². The zero-order valence-corrected chi connectivity index (χ0v) is 17.7. The van der Waals surface area contributed by atoms with Crippen molar-refractivity contribution in [2.45, 2.75) is 18.0 Å². The molecule has 0 saturated heterocycles. The molecule has 0 amide bonds. The Morgan fingerprint density at radius 2 is 1.90 bits per heavy atom. The number of carbonyl (C=O) groups is 1. The van der Waals surface area contributed by atoms with Crippen molar-refractivity contribution in [2.24, 2.45) is 0 Å². The van der Waals surface area contributed by atoms with Gasteiger partial charge in [-0.1, -0.05) is 42.1 Å². The van der Waals surface area contributed by atoms with Gasteiger partial charge in [0, 0.05) is 22.1 Å². The Bertz CT molecular complexity index is 1230. The van der Waals surface area contributed by atoms with Gasteiger partial charge in [0.2, 0.25) is 0 Å². The van der Waals surface area contributed by atoms with E-state index in [1.54, 1.807) is 0 Å². The number of thiazole rings is 1. The molecule has 6 nitrogen and oxygen atoms in total. The average molecular weight is 432 g/mol. The summed E-state index contributed by atoms with van der Waals surface area (Å²) < 4.78 is 0. The molecule has 2 aromatic heterocycles. The van der Waals surface area contributed by atoms with Crippen molar-refractivity contribution in [3.8, 4) is 6.07 Å². The molecule has 0 saturated carbocycles. The highest BCUT2D eigenvalue weighted by Crippen LogP contribution is 2.28. The summed E-state index contributed by atoms with van der Waals surface area (Å²) >= 11 is 2.56. The third kappa shape index (κ3) is 4.48. The monoisotopic (exact) mass is 431 g/mol. The van der Waals surface area contributed by atoms with Crippen LogP contribution in [0.4, 0.5) is 11.5 Å². The number of aryl methyl sites for hydroxylation is 1. The summed E-state index contributed by atoms with van der Waals surface area (Å²) in [5, 5.41) is 16.5. The average Bonchev–Trinajstić information content (AvgIpc) is 3.19. The molecule has 0 radical (unpaired) electrons. The number of fused-ring (bicyclic) bond motifs is 1. The standard InChI is InChI=1S/C22H17N5OS2/c1-14-12-29-21(24-14)17(11-23)19(28)13-30-22-26-18-10-6-5-9-16(18)20(27-22)25-15-7-3-2-4-8-15/h2-10,12,17H,13H2,1H3,(H,25,26,27)/t17-/m0/s1. The molecule has 1 N–H and O–H groups in total. The largest absolute Gasteiger partial charge is 0.340 e. The van der Waals surface area contributed by atoms with Crippen LogP contribution in [-0.2, 0) is 4.79 Å². The van der Waals surface area contributed by atoms with Crippen molar-refractivity contribution in [1.82, 2.24) is 15.0 Å². The van der Waals surface area contributed by atoms with Gasteiger partial charge in [0.25, 0.3) is 0 Å². The number of nitrogens with one attached hydrogen (secondary N) is 1. The first kappa shape index (κ1) is 20.0. The van der Waals surface area contributed by atoms with E-state index in [4.69, 9.17) is 0 Å². The molecule has 148 valence electrons. The summed E-state index contributed by atoms with van der Waals surface area (Å²) in [7, 11) is 0. The number of rotatable bonds is 7. The fraction of sp³-hybridized carbons (Fsp3) is 0.136. The summed E-state index contributed by atoms with van der Waals surface area (Å²) in [4.78, 5) is 26.1. The number of anilines is 2. The number of nitriles is 1. The van der Waals surface area contributed by atoms with Crippen LogP contribution in [0.15, 0.2) is 65.1 Å². The van der Waals surface area contributed by atoms with Gasteiger partial charge in [-0.2, -0.15) is 5.26 Å². The van der Waals surface area contributed by atoms with Gasteiger partial charge in [-0.25, -0.2) is 15.0 Å². The maximum atomic E-state index is 12.6. The third-order valence-corrected chi connectivity index (χ3v) is 6.19. The lowest BCUT2D eigenvalue weighted by molar-refractivity contribution is -0.116. The van der Waals surface area contributed by atoms with Crippen molar-refractivity contribution in [1.29, 1.82) is 5.26 Å². The van der Waals surface area contributed by atoms with Gasteiger partial charge in [-0.15, -0.1) is 11.3 Å². The molecule has 2 heterocycles. The van der Waals surface area contributed by atoms with Crippen LogP contribution in [0.2, 0.25) is 0 Å². The Labute approximate surface area is 182 Å². The van der Waals surface area contributed by atoms with Crippen LogP contribution in [0.3, 0.4) is 0 Å². The predicted molar refractivity (Wildman–Crippen MR) is 120 cm³/mol. The number of aromatic nitrogens is 3. The predicted octanol–water partition coefficient (Wildman–Crippen LogP) is 5.11. The number of Topliss-reactive ketones (excluding diaryl/α,β-unsaturated/α-hetero) is 1. The van der Waals surface area contributed by atoms with E-state index in [0.29, 0.717) is 16.0 Å². The van der Waals surface area contributed by atoms with Crippen molar-refractivity contribution >= 4 is 51.3 Å². The minimum atomic E-state index is -0.862. The van der Waals surface area contributed by atoms with E-state index in [9.17, 15) is 10.1 Å². The van der Waals surface area contributed by atoms with Crippen LogP contribution in [0, 0.1) is 18.3 Å². The maximum absolute atomic E-state index is 12.6. The van der Waals surface area contributed by atoms with Gasteiger partial charge in [-0.05, 0) is 31.2 Å². The third-order valence-electron chi connectivity index (χ3n) is 4.30. The van der Waals surface area contributed by atoms with Gasteiger partial charge in [0.1, 0.15) is 10.8 Å². The molecule has 30 heavy (non-hydrogen) atoms. The second-order valence-electron chi connectivity index (χ2n) is 6.51. The Balaban J connectivity index is 1.57. The highest BCUT2D eigenvalue weighted by Gasteiger charge is 2.23. The smallest absolute Gasteiger partial charge is 0.190 e.